The zero-order valence-corrected chi connectivity index (χ0v) is 21.4. The Morgan fingerprint density at radius 2 is 1.26 bits per heavy atom. The molecule has 3 aromatic rings. The fraction of sp³-hybridized carbons (Fsp3) is 0.103. The van der Waals surface area contributed by atoms with Gasteiger partial charge in [0.05, 0.1) is 32.2 Å². The number of aliphatic imine (C=N–C) groups is 1. The highest BCUT2D eigenvalue weighted by molar-refractivity contribution is 8.09. The van der Waals surface area contributed by atoms with Gasteiger partial charge in [0.25, 0.3) is 0 Å². The predicted octanol–water partition coefficient (Wildman–Crippen LogP) is 6.51. The summed E-state index contributed by atoms with van der Waals surface area (Å²) in [5, 5.41) is 20.2. The highest BCUT2D eigenvalue weighted by atomic mass is 32.2. The summed E-state index contributed by atoms with van der Waals surface area (Å²) in [6.45, 7) is 3.58. The summed E-state index contributed by atoms with van der Waals surface area (Å²) in [6.07, 6.45) is -4.83. The van der Waals surface area contributed by atoms with Crippen molar-refractivity contribution >= 4 is 37.3 Å². The second-order valence-electron chi connectivity index (χ2n) is 8.71. The van der Waals surface area contributed by atoms with Crippen LogP contribution in [0.3, 0.4) is 0 Å². The van der Waals surface area contributed by atoms with Crippen molar-refractivity contribution in [3.05, 3.63) is 111 Å². The van der Waals surface area contributed by atoms with Gasteiger partial charge in [-0.15, -0.1) is 0 Å². The predicted molar refractivity (Wildman–Crippen MR) is 140 cm³/mol. The number of benzene rings is 3. The molecule has 0 saturated carbocycles. The van der Waals surface area contributed by atoms with Crippen LogP contribution in [0, 0.1) is 36.5 Å². The van der Waals surface area contributed by atoms with Crippen molar-refractivity contribution in [2.45, 2.75) is 20.0 Å². The van der Waals surface area contributed by atoms with Gasteiger partial charge in [-0.25, -0.2) is 13.4 Å². The molecule has 1 aliphatic heterocycles. The lowest BCUT2D eigenvalue weighted by atomic mass is 9.97. The number of hydrogen-bond donors (Lipinski definition) is 0. The fourth-order valence-corrected chi connectivity index (χ4v) is 6.05. The van der Waals surface area contributed by atoms with Crippen molar-refractivity contribution < 1.29 is 26.4 Å². The van der Waals surface area contributed by atoms with Gasteiger partial charge in [0.15, 0.2) is 6.29 Å². The molecule has 194 valence electrons. The van der Waals surface area contributed by atoms with Crippen LogP contribution in [-0.4, -0.2) is 20.4 Å². The second kappa shape index (κ2) is 10.2. The van der Waals surface area contributed by atoms with Gasteiger partial charge < -0.3 is 0 Å². The average Bonchev–Trinajstić information content (AvgIpc) is 2.89. The largest absolute Gasteiger partial charge is 0.417 e. The Morgan fingerprint density at radius 1 is 0.795 bits per heavy atom. The third-order valence-corrected chi connectivity index (χ3v) is 7.98. The third kappa shape index (κ3) is 5.02. The molecule has 0 saturated heterocycles. The van der Waals surface area contributed by atoms with E-state index in [0.29, 0.717) is 6.07 Å². The van der Waals surface area contributed by atoms with Crippen molar-refractivity contribution in [3.8, 4) is 12.1 Å². The molecule has 3 aromatic carbocycles. The minimum absolute atomic E-state index is 0.0547. The molecule has 0 fully saturated rings. The molecule has 1 aliphatic rings. The van der Waals surface area contributed by atoms with E-state index in [1.807, 2.05) is 12.1 Å². The maximum Gasteiger partial charge on any atom is 0.417 e. The van der Waals surface area contributed by atoms with Crippen LogP contribution in [0.5, 0.6) is 0 Å². The molecular weight excluding hydrogens is 527 g/mol. The van der Waals surface area contributed by atoms with Crippen LogP contribution in [0.4, 0.5) is 18.9 Å². The molecule has 0 radical (unpaired) electrons. The Morgan fingerprint density at radius 3 is 1.64 bits per heavy atom. The summed E-state index contributed by atoms with van der Waals surface area (Å²) >= 11 is 0. The Balaban J connectivity index is 2.13. The van der Waals surface area contributed by atoms with Crippen LogP contribution in [0.15, 0.2) is 82.9 Å². The summed E-state index contributed by atoms with van der Waals surface area (Å²) in [5.41, 5.74) is -1.63. The number of sulfone groups is 1. The van der Waals surface area contributed by atoms with E-state index in [-0.39, 0.29) is 23.1 Å². The van der Waals surface area contributed by atoms with Crippen molar-refractivity contribution in [1.29, 1.82) is 10.5 Å². The first kappa shape index (κ1) is 27.2. The minimum atomic E-state index is -4.88. The molecule has 0 unspecified atom stereocenters. The van der Waals surface area contributed by atoms with Gasteiger partial charge >= 0.3 is 6.18 Å². The monoisotopic (exact) mass is 545 g/mol. The molecule has 0 spiro atoms. The first-order chi connectivity index (χ1) is 18.4. The Bertz CT molecular complexity index is 1700. The molecule has 0 aliphatic carbocycles. The van der Waals surface area contributed by atoms with Crippen LogP contribution >= 0.6 is 0 Å². The quantitative estimate of drug-likeness (QED) is 0.347. The molecule has 0 amide bonds. The normalized spacial score (nSPS) is 15.0. The van der Waals surface area contributed by atoms with Crippen molar-refractivity contribution in [2.24, 2.45) is 4.99 Å². The maximum atomic E-state index is 14.0. The Kier molecular flexibility index (Phi) is 7.10. The van der Waals surface area contributed by atoms with Crippen molar-refractivity contribution in [3.63, 3.8) is 0 Å². The SMILES string of the molecule is Cc1ccc(C2=C(C#N)C(=Nc3ccc(C=O)c(C(F)(F)F)c3)C(C#N)=C(c3ccc(C)cc3)S2(=O)=O)cc1. The lowest BCUT2D eigenvalue weighted by Crippen LogP contribution is -2.22. The number of rotatable bonds is 4. The summed E-state index contributed by atoms with van der Waals surface area (Å²) in [4.78, 5) is 14.6. The highest BCUT2D eigenvalue weighted by Crippen LogP contribution is 2.43. The van der Waals surface area contributed by atoms with Crippen molar-refractivity contribution in [2.75, 3.05) is 0 Å². The smallest absolute Gasteiger partial charge is 0.298 e. The number of carbonyl (C=O) groups is 1. The number of allylic oxidation sites excluding steroid dienone is 2. The maximum absolute atomic E-state index is 14.0. The lowest BCUT2D eigenvalue weighted by molar-refractivity contribution is -0.137. The molecule has 0 aromatic heterocycles. The Hall–Kier alpha value is -4.80. The first-order valence-electron chi connectivity index (χ1n) is 11.4. The molecule has 0 bridgehead atoms. The van der Waals surface area contributed by atoms with Crippen LogP contribution in [0.1, 0.15) is 38.2 Å². The number of aryl methyl sites for hydroxylation is 2. The zero-order valence-electron chi connectivity index (χ0n) is 20.5. The molecule has 1 heterocycles. The van der Waals surface area contributed by atoms with E-state index in [2.05, 4.69) is 4.99 Å². The van der Waals surface area contributed by atoms with Crippen LogP contribution in [0.2, 0.25) is 0 Å². The number of nitrogens with zero attached hydrogens (tertiary/aromatic N) is 3. The van der Waals surface area contributed by atoms with Gasteiger partial charge in [0.1, 0.15) is 17.9 Å². The minimum Gasteiger partial charge on any atom is -0.298 e. The van der Waals surface area contributed by atoms with E-state index < -0.39 is 53.8 Å². The van der Waals surface area contributed by atoms with E-state index in [1.165, 1.54) is 24.3 Å². The average molecular weight is 546 g/mol. The molecule has 0 N–H and O–H groups in total. The summed E-state index contributed by atoms with van der Waals surface area (Å²) in [5.74, 6) is 0. The van der Waals surface area contributed by atoms with Gasteiger partial charge in [-0.2, -0.15) is 23.7 Å². The summed E-state index contributed by atoms with van der Waals surface area (Å²) in [7, 11) is -4.48. The molecule has 6 nitrogen and oxygen atoms in total. The van der Waals surface area contributed by atoms with Gasteiger partial charge in [-0.05, 0) is 43.2 Å². The standard InChI is InChI=1S/C29H18F3N3O3S/c1-17-3-7-19(8-4-17)27-23(14-33)26(35-22-12-11-21(16-36)25(13-22)29(30,31)32)24(15-34)28(39(27,37)38)20-9-5-18(2)6-10-20/h3-13,16H,1-2H3. The van der Waals surface area contributed by atoms with E-state index in [0.717, 1.165) is 23.3 Å². The molecule has 39 heavy (non-hydrogen) atoms. The van der Waals surface area contributed by atoms with Crippen LogP contribution in [0.25, 0.3) is 9.81 Å². The topological polar surface area (TPSA) is 111 Å². The van der Waals surface area contributed by atoms with Crippen LogP contribution < -0.4 is 0 Å². The number of halogens is 3. The summed E-state index contributed by atoms with van der Waals surface area (Å²) in [6, 6.07) is 18.9. The lowest BCUT2D eigenvalue weighted by Gasteiger charge is -2.23. The van der Waals surface area contributed by atoms with Crippen molar-refractivity contribution in [1.82, 2.24) is 0 Å². The van der Waals surface area contributed by atoms with E-state index in [9.17, 15) is 36.9 Å². The number of aldehydes is 1. The van der Waals surface area contributed by atoms with E-state index in [4.69, 9.17) is 0 Å². The van der Waals surface area contributed by atoms with Gasteiger partial charge in [0.2, 0.25) is 9.84 Å². The van der Waals surface area contributed by atoms with E-state index in [1.54, 1.807) is 38.1 Å². The molecular formula is C29H18F3N3O3S. The molecule has 10 heteroatoms. The van der Waals surface area contributed by atoms with E-state index >= 15 is 0 Å². The molecule has 4 rings (SSSR count). The Labute approximate surface area is 222 Å². The number of alkyl halides is 3. The second-order valence-corrected chi connectivity index (χ2v) is 10.5. The number of nitriles is 2. The number of hydrogen-bond acceptors (Lipinski definition) is 6. The third-order valence-electron chi connectivity index (χ3n) is 6.03. The highest BCUT2D eigenvalue weighted by Gasteiger charge is 2.40. The van der Waals surface area contributed by atoms with Gasteiger partial charge in [-0.3, -0.25) is 4.79 Å². The molecule has 0 atom stereocenters. The summed E-state index contributed by atoms with van der Waals surface area (Å²) < 4.78 is 68.9. The first-order valence-corrected chi connectivity index (χ1v) is 12.8. The zero-order chi connectivity index (χ0) is 28.5. The number of carbonyl (C=O) groups excluding carboxylic acids is 1. The fourth-order valence-electron chi connectivity index (χ4n) is 4.13. The van der Waals surface area contributed by atoms with Gasteiger partial charge in [-0.1, -0.05) is 59.7 Å². The van der Waals surface area contributed by atoms with Gasteiger partial charge in [0, 0.05) is 5.56 Å². The van der Waals surface area contributed by atoms with Crippen LogP contribution in [-0.2, 0) is 16.0 Å².